The van der Waals surface area contributed by atoms with Crippen LogP contribution in [0, 0.1) is 10.1 Å². The number of nitrogens with zero attached hydrogens (tertiary/aromatic N) is 1. The zero-order chi connectivity index (χ0) is 19.8. The van der Waals surface area contributed by atoms with Crippen molar-refractivity contribution in [2.75, 3.05) is 20.3 Å². The smallest absolute Gasteiger partial charge is 0.269 e. The Morgan fingerprint density at radius 2 is 1.63 bits per heavy atom. The first-order chi connectivity index (χ1) is 12.9. The van der Waals surface area contributed by atoms with E-state index in [4.69, 9.17) is 9.47 Å². The lowest BCUT2D eigenvalue weighted by Crippen LogP contribution is -2.41. The van der Waals surface area contributed by atoms with Crippen LogP contribution in [0.15, 0.2) is 46.9 Å². The molecule has 0 unspecified atom stereocenters. The fourth-order valence-electron chi connectivity index (χ4n) is 1.99. The van der Waals surface area contributed by atoms with Crippen molar-refractivity contribution < 1.29 is 24.0 Å². The van der Waals surface area contributed by atoms with Crippen LogP contribution in [0.25, 0.3) is 0 Å². The van der Waals surface area contributed by atoms with Crippen LogP contribution in [-0.4, -0.2) is 37.1 Å². The van der Waals surface area contributed by atoms with Crippen LogP contribution in [0.5, 0.6) is 5.75 Å². The van der Waals surface area contributed by atoms with Gasteiger partial charge in [-0.25, -0.2) is 0 Å². The van der Waals surface area contributed by atoms with Crippen LogP contribution in [-0.2, 0) is 4.74 Å². The summed E-state index contributed by atoms with van der Waals surface area (Å²) >= 11 is 3.31. The molecule has 2 N–H and O–H groups in total. The molecule has 9 nitrogen and oxygen atoms in total. The number of hydrogen-bond donors (Lipinski definition) is 2. The quantitative estimate of drug-likeness (QED) is 0.389. The van der Waals surface area contributed by atoms with Crippen molar-refractivity contribution in [2.24, 2.45) is 0 Å². The normalized spacial score (nSPS) is 10.1. The van der Waals surface area contributed by atoms with E-state index in [0.29, 0.717) is 29.0 Å². The van der Waals surface area contributed by atoms with Crippen LogP contribution >= 0.6 is 15.9 Å². The van der Waals surface area contributed by atoms with E-state index in [2.05, 4.69) is 26.8 Å². The third-order valence-electron chi connectivity index (χ3n) is 3.37. The van der Waals surface area contributed by atoms with Crippen LogP contribution in [0.4, 0.5) is 5.69 Å². The van der Waals surface area contributed by atoms with Gasteiger partial charge in [0, 0.05) is 30.4 Å². The van der Waals surface area contributed by atoms with Crippen LogP contribution in [0.1, 0.15) is 20.7 Å². The predicted molar refractivity (Wildman–Crippen MR) is 99.5 cm³/mol. The molecule has 2 aromatic rings. The first kappa shape index (κ1) is 20.3. The fourth-order valence-corrected chi connectivity index (χ4v) is 2.48. The topological polar surface area (TPSA) is 120 Å². The second kappa shape index (κ2) is 9.64. The highest BCUT2D eigenvalue weighted by atomic mass is 79.9. The summed E-state index contributed by atoms with van der Waals surface area (Å²) in [4.78, 5) is 34.2. The van der Waals surface area contributed by atoms with Gasteiger partial charge in [-0.3, -0.25) is 30.6 Å². The van der Waals surface area contributed by atoms with Gasteiger partial charge in [0.1, 0.15) is 12.4 Å². The van der Waals surface area contributed by atoms with Crippen molar-refractivity contribution in [3.05, 3.63) is 68.2 Å². The third-order valence-corrected chi connectivity index (χ3v) is 3.99. The zero-order valence-corrected chi connectivity index (χ0v) is 15.8. The minimum Gasteiger partial charge on any atom is -0.490 e. The molecule has 2 rings (SSSR count). The van der Waals surface area contributed by atoms with Crippen molar-refractivity contribution >= 4 is 33.4 Å². The average molecular weight is 438 g/mol. The molecule has 0 heterocycles. The van der Waals surface area contributed by atoms with E-state index in [1.165, 1.54) is 24.3 Å². The van der Waals surface area contributed by atoms with E-state index < -0.39 is 16.7 Å². The lowest BCUT2D eigenvalue weighted by molar-refractivity contribution is -0.384. The third kappa shape index (κ3) is 5.76. The van der Waals surface area contributed by atoms with Gasteiger partial charge < -0.3 is 9.47 Å². The molecule has 142 valence electrons. The predicted octanol–water partition coefficient (Wildman–Crippen LogP) is 2.46. The van der Waals surface area contributed by atoms with Gasteiger partial charge in [0.25, 0.3) is 17.5 Å². The number of ether oxygens (including phenoxy) is 2. The van der Waals surface area contributed by atoms with Crippen LogP contribution in [0.3, 0.4) is 0 Å². The summed E-state index contributed by atoms with van der Waals surface area (Å²) in [7, 11) is 1.57. The monoisotopic (exact) mass is 437 g/mol. The highest BCUT2D eigenvalue weighted by Crippen LogP contribution is 2.26. The standard InChI is InChI=1S/C17H16BrN3O6/c1-26-8-9-27-15-7-4-12(10-14(15)18)17(23)20-19-16(22)11-2-5-13(6-3-11)21(24)25/h2-7,10H,8-9H2,1H3,(H,19,22)(H,20,23). The molecule has 0 fully saturated rings. The van der Waals surface area contributed by atoms with Crippen LogP contribution in [0.2, 0.25) is 0 Å². The number of hydrogen-bond acceptors (Lipinski definition) is 6. The minimum atomic E-state index is -0.600. The number of carbonyl (C=O) groups is 2. The van der Waals surface area contributed by atoms with E-state index in [-0.39, 0.29) is 11.3 Å². The van der Waals surface area contributed by atoms with E-state index in [1.807, 2.05) is 0 Å². The first-order valence-electron chi connectivity index (χ1n) is 7.69. The lowest BCUT2D eigenvalue weighted by Gasteiger charge is -2.10. The summed E-state index contributed by atoms with van der Waals surface area (Å²) in [5.41, 5.74) is 4.87. The molecule has 27 heavy (non-hydrogen) atoms. The number of benzene rings is 2. The average Bonchev–Trinajstić information content (AvgIpc) is 2.67. The van der Waals surface area contributed by atoms with Gasteiger partial charge in [-0.05, 0) is 46.3 Å². The number of halogens is 1. The number of rotatable bonds is 7. The Kier molecular flexibility index (Phi) is 7.26. The molecule has 0 atom stereocenters. The summed E-state index contributed by atoms with van der Waals surface area (Å²) in [6.07, 6.45) is 0. The van der Waals surface area contributed by atoms with Gasteiger partial charge in [-0.2, -0.15) is 0 Å². The molecule has 2 amide bonds. The molecule has 0 aliphatic heterocycles. The van der Waals surface area contributed by atoms with Gasteiger partial charge in [-0.15, -0.1) is 0 Å². The van der Waals surface area contributed by atoms with E-state index >= 15 is 0 Å². The van der Waals surface area contributed by atoms with Crippen molar-refractivity contribution in [1.82, 2.24) is 10.9 Å². The van der Waals surface area contributed by atoms with Crippen LogP contribution < -0.4 is 15.6 Å². The summed E-state index contributed by atoms with van der Waals surface area (Å²) in [5.74, 6) is -0.579. The highest BCUT2D eigenvalue weighted by Gasteiger charge is 2.12. The zero-order valence-electron chi connectivity index (χ0n) is 14.2. The van der Waals surface area contributed by atoms with E-state index in [1.54, 1.807) is 25.3 Å². The molecular weight excluding hydrogens is 422 g/mol. The van der Waals surface area contributed by atoms with E-state index in [9.17, 15) is 19.7 Å². The Labute approximate surface area is 162 Å². The van der Waals surface area contributed by atoms with Gasteiger partial charge in [0.05, 0.1) is 16.0 Å². The molecule has 0 aliphatic carbocycles. The largest absolute Gasteiger partial charge is 0.490 e. The van der Waals surface area contributed by atoms with Gasteiger partial charge in [-0.1, -0.05) is 0 Å². The van der Waals surface area contributed by atoms with Crippen molar-refractivity contribution in [3.8, 4) is 5.75 Å². The maximum Gasteiger partial charge on any atom is 0.269 e. The Bertz CT molecular complexity index is 841. The SMILES string of the molecule is COCCOc1ccc(C(=O)NNC(=O)c2ccc([N+](=O)[O-])cc2)cc1Br. The van der Waals surface area contributed by atoms with Crippen molar-refractivity contribution in [1.29, 1.82) is 0 Å². The summed E-state index contributed by atoms with van der Waals surface area (Å²) in [6, 6.07) is 9.71. The molecule has 0 spiro atoms. The molecule has 0 saturated carbocycles. The summed E-state index contributed by atoms with van der Waals surface area (Å²) < 4.78 is 10.9. The summed E-state index contributed by atoms with van der Waals surface area (Å²) in [6.45, 7) is 0.801. The second-order valence-electron chi connectivity index (χ2n) is 5.20. The minimum absolute atomic E-state index is 0.131. The highest BCUT2D eigenvalue weighted by molar-refractivity contribution is 9.10. The fraction of sp³-hybridized carbons (Fsp3) is 0.176. The van der Waals surface area contributed by atoms with Gasteiger partial charge in [0.2, 0.25) is 0 Å². The maximum atomic E-state index is 12.2. The molecule has 2 aromatic carbocycles. The Morgan fingerprint density at radius 3 is 2.19 bits per heavy atom. The number of nitro groups is 1. The molecular formula is C17H16BrN3O6. The molecule has 10 heteroatoms. The lowest BCUT2D eigenvalue weighted by atomic mass is 10.2. The number of nitrogens with one attached hydrogen (secondary N) is 2. The molecule has 0 aliphatic rings. The number of hydrazine groups is 1. The number of carbonyl (C=O) groups excluding carboxylic acids is 2. The number of amides is 2. The number of methoxy groups -OCH3 is 1. The molecule has 0 bridgehead atoms. The second-order valence-corrected chi connectivity index (χ2v) is 6.05. The van der Waals surface area contributed by atoms with E-state index in [0.717, 1.165) is 0 Å². The Morgan fingerprint density at radius 1 is 1.04 bits per heavy atom. The van der Waals surface area contributed by atoms with Crippen molar-refractivity contribution in [2.45, 2.75) is 0 Å². The number of nitro benzene ring substituents is 1. The van der Waals surface area contributed by atoms with Gasteiger partial charge in [0.15, 0.2) is 0 Å². The maximum absolute atomic E-state index is 12.2. The Balaban J connectivity index is 1.93. The molecule has 0 radical (unpaired) electrons. The summed E-state index contributed by atoms with van der Waals surface area (Å²) in [5, 5.41) is 10.6. The number of non-ortho nitro benzene ring substituents is 1. The molecule has 0 saturated heterocycles. The first-order valence-corrected chi connectivity index (χ1v) is 8.48. The van der Waals surface area contributed by atoms with Crippen molar-refractivity contribution in [3.63, 3.8) is 0 Å². The van der Waals surface area contributed by atoms with Gasteiger partial charge >= 0.3 is 0 Å². The Hall–Kier alpha value is -2.98. The molecule has 0 aromatic heterocycles.